The molecule has 0 aliphatic carbocycles. The molecular weight excluding hydrogens is 234 g/mol. The van der Waals surface area contributed by atoms with Gasteiger partial charge in [-0.2, -0.15) is 0 Å². The summed E-state index contributed by atoms with van der Waals surface area (Å²) < 4.78 is 11.5. The first kappa shape index (κ1) is 12.1. The predicted molar refractivity (Wildman–Crippen MR) is 63.9 cm³/mol. The molecule has 18 heavy (non-hydrogen) atoms. The van der Waals surface area contributed by atoms with Crippen molar-refractivity contribution < 1.29 is 14.3 Å². The fourth-order valence-corrected chi connectivity index (χ4v) is 1.50. The Labute approximate surface area is 104 Å². The number of rotatable bonds is 4. The summed E-state index contributed by atoms with van der Waals surface area (Å²) in [7, 11) is 1.30. The summed E-state index contributed by atoms with van der Waals surface area (Å²) in [5.41, 5.74) is 0.880. The van der Waals surface area contributed by atoms with E-state index in [1.165, 1.54) is 18.0 Å². The van der Waals surface area contributed by atoms with Crippen molar-refractivity contribution in [3.63, 3.8) is 0 Å². The van der Waals surface area contributed by atoms with Gasteiger partial charge in [-0.15, -0.1) is 5.10 Å². The van der Waals surface area contributed by atoms with Crippen LogP contribution in [-0.2, 0) is 4.74 Å². The number of hydrogen-bond acceptors (Lipinski definition) is 5. The van der Waals surface area contributed by atoms with E-state index in [0.29, 0.717) is 12.4 Å². The number of hydrogen-bond donors (Lipinski definition) is 0. The van der Waals surface area contributed by atoms with Crippen LogP contribution < -0.4 is 4.74 Å². The van der Waals surface area contributed by atoms with Gasteiger partial charge in [0.05, 0.1) is 19.9 Å². The molecular formula is C12H13N3O3. The van der Waals surface area contributed by atoms with Gasteiger partial charge in [-0.05, 0) is 19.1 Å². The molecule has 1 aromatic carbocycles. The molecule has 0 spiro atoms. The Kier molecular flexibility index (Phi) is 3.57. The first-order valence-electron chi connectivity index (χ1n) is 5.49. The van der Waals surface area contributed by atoms with Crippen LogP contribution in [-0.4, -0.2) is 34.7 Å². The van der Waals surface area contributed by atoms with Crippen molar-refractivity contribution in [2.24, 2.45) is 0 Å². The van der Waals surface area contributed by atoms with Crippen molar-refractivity contribution in [2.75, 3.05) is 13.7 Å². The minimum Gasteiger partial charge on any atom is -0.492 e. The third-order valence-electron chi connectivity index (χ3n) is 2.30. The molecule has 6 heteroatoms. The van der Waals surface area contributed by atoms with Gasteiger partial charge in [0.1, 0.15) is 11.4 Å². The van der Waals surface area contributed by atoms with Gasteiger partial charge in [0, 0.05) is 0 Å². The highest BCUT2D eigenvalue weighted by Crippen LogP contribution is 2.21. The Morgan fingerprint density at radius 2 is 2.17 bits per heavy atom. The van der Waals surface area contributed by atoms with Gasteiger partial charge in [0.15, 0.2) is 5.69 Å². The van der Waals surface area contributed by atoms with E-state index in [1.807, 2.05) is 31.2 Å². The normalized spacial score (nSPS) is 10.1. The molecule has 1 heterocycles. The summed E-state index contributed by atoms with van der Waals surface area (Å²) in [6, 6.07) is 7.39. The standard InChI is InChI=1S/C12H13N3O3/c1-3-18-11-7-5-4-6-10(11)15-8-9(13-14-15)12(16)17-2/h4-8H,3H2,1-2H3. The number of esters is 1. The molecule has 0 saturated carbocycles. The van der Waals surface area contributed by atoms with Crippen molar-refractivity contribution >= 4 is 5.97 Å². The summed E-state index contributed by atoms with van der Waals surface area (Å²) in [4.78, 5) is 11.3. The zero-order valence-corrected chi connectivity index (χ0v) is 10.2. The van der Waals surface area contributed by atoms with Gasteiger partial charge >= 0.3 is 5.97 Å². The predicted octanol–water partition coefficient (Wildman–Crippen LogP) is 1.45. The highest BCUT2D eigenvalue weighted by Gasteiger charge is 2.13. The van der Waals surface area contributed by atoms with E-state index in [4.69, 9.17) is 4.74 Å². The molecule has 0 aliphatic rings. The molecule has 0 fully saturated rings. The number of ether oxygens (including phenoxy) is 2. The number of para-hydroxylation sites is 2. The Morgan fingerprint density at radius 1 is 1.39 bits per heavy atom. The van der Waals surface area contributed by atoms with E-state index in [-0.39, 0.29) is 5.69 Å². The third-order valence-corrected chi connectivity index (χ3v) is 2.30. The zero-order valence-electron chi connectivity index (χ0n) is 10.2. The minimum absolute atomic E-state index is 0.156. The Morgan fingerprint density at radius 3 is 2.89 bits per heavy atom. The van der Waals surface area contributed by atoms with Crippen molar-refractivity contribution in [1.82, 2.24) is 15.0 Å². The second-order valence-corrected chi connectivity index (χ2v) is 3.44. The molecule has 0 amide bonds. The van der Waals surface area contributed by atoms with Crippen LogP contribution in [0.2, 0.25) is 0 Å². The van der Waals surface area contributed by atoms with E-state index in [0.717, 1.165) is 5.69 Å². The van der Waals surface area contributed by atoms with E-state index in [1.54, 1.807) is 0 Å². The molecule has 0 saturated heterocycles. The molecule has 0 radical (unpaired) electrons. The first-order chi connectivity index (χ1) is 8.76. The average Bonchev–Trinajstić information content (AvgIpc) is 2.88. The molecule has 1 aromatic heterocycles. The second-order valence-electron chi connectivity index (χ2n) is 3.44. The molecule has 0 unspecified atom stereocenters. The first-order valence-corrected chi connectivity index (χ1v) is 5.49. The quantitative estimate of drug-likeness (QED) is 0.765. The van der Waals surface area contributed by atoms with Crippen LogP contribution in [0.25, 0.3) is 5.69 Å². The lowest BCUT2D eigenvalue weighted by atomic mass is 10.3. The molecule has 0 N–H and O–H groups in total. The topological polar surface area (TPSA) is 66.2 Å². The lowest BCUT2D eigenvalue weighted by Gasteiger charge is -2.08. The lowest BCUT2D eigenvalue weighted by molar-refractivity contribution is 0.0594. The fraction of sp³-hybridized carbons (Fsp3) is 0.250. The van der Waals surface area contributed by atoms with Crippen molar-refractivity contribution in [3.8, 4) is 11.4 Å². The number of carbonyl (C=O) groups excluding carboxylic acids is 1. The van der Waals surface area contributed by atoms with Gasteiger partial charge in [0.25, 0.3) is 0 Å². The molecule has 2 rings (SSSR count). The maximum atomic E-state index is 11.3. The largest absolute Gasteiger partial charge is 0.492 e. The van der Waals surface area contributed by atoms with E-state index in [2.05, 4.69) is 15.0 Å². The number of nitrogens with zero attached hydrogens (tertiary/aromatic N) is 3. The van der Waals surface area contributed by atoms with Crippen LogP contribution >= 0.6 is 0 Å². The number of benzene rings is 1. The van der Waals surface area contributed by atoms with Crippen LogP contribution in [0, 0.1) is 0 Å². The van der Waals surface area contributed by atoms with Crippen molar-refractivity contribution in [2.45, 2.75) is 6.92 Å². The van der Waals surface area contributed by atoms with Crippen LogP contribution in [0.5, 0.6) is 5.75 Å². The molecule has 0 atom stereocenters. The van der Waals surface area contributed by atoms with Crippen LogP contribution in [0.3, 0.4) is 0 Å². The van der Waals surface area contributed by atoms with Gasteiger partial charge in [-0.25, -0.2) is 9.48 Å². The monoisotopic (exact) mass is 247 g/mol. The van der Waals surface area contributed by atoms with E-state index in [9.17, 15) is 4.79 Å². The number of carbonyl (C=O) groups is 1. The maximum Gasteiger partial charge on any atom is 0.360 e. The summed E-state index contributed by atoms with van der Waals surface area (Å²) in [5.74, 6) is 0.163. The van der Waals surface area contributed by atoms with Gasteiger partial charge < -0.3 is 9.47 Å². The summed E-state index contributed by atoms with van der Waals surface area (Å²) >= 11 is 0. The van der Waals surface area contributed by atoms with Gasteiger partial charge in [-0.3, -0.25) is 0 Å². The third kappa shape index (κ3) is 2.32. The molecule has 2 aromatic rings. The van der Waals surface area contributed by atoms with Gasteiger partial charge in [0.2, 0.25) is 0 Å². The highest BCUT2D eigenvalue weighted by molar-refractivity contribution is 5.86. The summed E-state index contributed by atoms with van der Waals surface area (Å²) in [6.07, 6.45) is 1.50. The molecule has 6 nitrogen and oxygen atoms in total. The fourth-order valence-electron chi connectivity index (χ4n) is 1.50. The maximum absolute atomic E-state index is 11.3. The number of methoxy groups -OCH3 is 1. The Balaban J connectivity index is 2.36. The molecule has 94 valence electrons. The minimum atomic E-state index is -0.518. The number of aromatic nitrogens is 3. The average molecular weight is 247 g/mol. The van der Waals surface area contributed by atoms with Gasteiger partial charge in [-0.1, -0.05) is 17.3 Å². The van der Waals surface area contributed by atoms with Crippen LogP contribution in [0.4, 0.5) is 0 Å². The zero-order chi connectivity index (χ0) is 13.0. The van der Waals surface area contributed by atoms with E-state index >= 15 is 0 Å². The second kappa shape index (κ2) is 5.31. The van der Waals surface area contributed by atoms with Crippen molar-refractivity contribution in [1.29, 1.82) is 0 Å². The van der Waals surface area contributed by atoms with Crippen LogP contribution in [0.1, 0.15) is 17.4 Å². The molecule has 0 aliphatic heterocycles. The highest BCUT2D eigenvalue weighted by atomic mass is 16.5. The van der Waals surface area contributed by atoms with Crippen molar-refractivity contribution in [3.05, 3.63) is 36.2 Å². The summed E-state index contributed by atoms with van der Waals surface area (Å²) in [5, 5.41) is 7.63. The van der Waals surface area contributed by atoms with Crippen LogP contribution in [0.15, 0.2) is 30.5 Å². The molecule has 0 bridgehead atoms. The Bertz CT molecular complexity index is 551. The lowest BCUT2D eigenvalue weighted by Crippen LogP contribution is -2.02. The van der Waals surface area contributed by atoms with E-state index < -0.39 is 5.97 Å². The summed E-state index contributed by atoms with van der Waals surface area (Å²) in [6.45, 7) is 2.45. The SMILES string of the molecule is CCOc1ccccc1-n1cc(C(=O)OC)nn1. The smallest absolute Gasteiger partial charge is 0.360 e. The Hall–Kier alpha value is -2.37.